The summed E-state index contributed by atoms with van der Waals surface area (Å²) in [5, 5.41) is 21.7. The second-order valence-electron chi connectivity index (χ2n) is 4.89. The van der Waals surface area contributed by atoms with Gasteiger partial charge >= 0.3 is 0 Å². The number of hydrogen-bond acceptors (Lipinski definition) is 3. The predicted molar refractivity (Wildman–Crippen MR) is 49.9 cm³/mol. The SMILES string of the molecule is CC12CCC(CC1=NO)C2(C)CO. The summed E-state index contributed by atoms with van der Waals surface area (Å²) in [4.78, 5) is 0. The predicted octanol–water partition coefficient (Wildman–Crippen LogP) is 1.64. The molecule has 2 bridgehead atoms. The van der Waals surface area contributed by atoms with Gasteiger partial charge < -0.3 is 10.3 Å². The summed E-state index contributed by atoms with van der Waals surface area (Å²) in [6.07, 6.45) is 3.07. The van der Waals surface area contributed by atoms with Crippen molar-refractivity contribution in [1.82, 2.24) is 0 Å². The van der Waals surface area contributed by atoms with Gasteiger partial charge in [-0.05, 0) is 25.2 Å². The van der Waals surface area contributed by atoms with Gasteiger partial charge in [0.1, 0.15) is 0 Å². The molecular formula is C10H17NO2. The molecule has 0 radical (unpaired) electrons. The lowest BCUT2D eigenvalue weighted by atomic mass is 9.69. The number of hydrogen-bond donors (Lipinski definition) is 2. The van der Waals surface area contributed by atoms with Crippen molar-refractivity contribution >= 4 is 5.71 Å². The number of oxime groups is 1. The van der Waals surface area contributed by atoms with Crippen LogP contribution in [0.2, 0.25) is 0 Å². The number of fused-ring (bicyclic) bond motifs is 2. The first-order chi connectivity index (χ1) is 6.08. The third-order valence-electron chi connectivity index (χ3n) is 4.68. The molecule has 2 rings (SSSR count). The summed E-state index contributed by atoms with van der Waals surface area (Å²) in [6, 6.07) is 0. The minimum Gasteiger partial charge on any atom is -0.411 e. The molecule has 0 aliphatic heterocycles. The van der Waals surface area contributed by atoms with Gasteiger partial charge in [0.15, 0.2) is 0 Å². The molecule has 3 atom stereocenters. The van der Waals surface area contributed by atoms with Crippen molar-refractivity contribution in [2.45, 2.75) is 33.1 Å². The highest BCUT2D eigenvalue weighted by molar-refractivity contribution is 5.93. The standard InChI is InChI=1S/C10H17NO2/c1-9-4-3-7(5-8(9)11-13)10(9,2)6-12/h7,12-13H,3-6H2,1-2H3. The van der Waals surface area contributed by atoms with Gasteiger partial charge in [-0.3, -0.25) is 0 Å². The van der Waals surface area contributed by atoms with Crippen LogP contribution in [0.3, 0.4) is 0 Å². The topological polar surface area (TPSA) is 52.8 Å². The first kappa shape index (κ1) is 9.00. The quantitative estimate of drug-likeness (QED) is 0.479. The second kappa shape index (κ2) is 2.47. The molecule has 3 heteroatoms. The first-order valence-corrected chi connectivity index (χ1v) is 4.91. The van der Waals surface area contributed by atoms with E-state index in [4.69, 9.17) is 5.21 Å². The summed E-state index contributed by atoms with van der Waals surface area (Å²) < 4.78 is 0. The van der Waals surface area contributed by atoms with E-state index in [0.717, 1.165) is 25.0 Å². The zero-order valence-electron chi connectivity index (χ0n) is 8.25. The maximum Gasteiger partial charge on any atom is 0.0639 e. The maximum atomic E-state index is 9.45. The van der Waals surface area contributed by atoms with E-state index in [1.54, 1.807) is 0 Å². The van der Waals surface area contributed by atoms with Crippen LogP contribution < -0.4 is 0 Å². The molecule has 2 N–H and O–H groups in total. The molecule has 0 aromatic carbocycles. The highest BCUT2D eigenvalue weighted by atomic mass is 16.4. The van der Waals surface area contributed by atoms with Crippen molar-refractivity contribution in [3.05, 3.63) is 0 Å². The van der Waals surface area contributed by atoms with Crippen LogP contribution in [-0.4, -0.2) is 22.6 Å². The molecule has 0 aromatic heterocycles. The van der Waals surface area contributed by atoms with Crippen LogP contribution >= 0.6 is 0 Å². The van der Waals surface area contributed by atoms with Gasteiger partial charge in [0.25, 0.3) is 0 Å². The summed E-state index contributed by atoms with van der Waals surface area (Å²) >= 11 is 0. The fourth-order valence-electron chi connectivity index (χ4n) is 3.23. The van der Waals surface area contributed by atoms with Gasteiger partial charge in [0.05, 0.1) is 5.71 Å². The van der Waals surface area contributed by atoms with Gasteiger partial charge in [0, 0.05) is 17.4 Å². The Balaban J connectivity index is 2.45. The number of rotatable bonds is 1. The Morgan fingerprint density at radius 3 is 2.62 bits per heavy atom. The lowest BCUT2D eigenvalue weighted by Crippen LogP contribution is -2.37. The van der Waals surface area contributed by atoms with Crippen LogP contribution in [0.1, 0.15) is 33.1 Å². The molecule has 74 valence electrons. The smallest absolute Gasteiger partial charge is 0.0639 e. The Kier molecular flexibility index (Phi) is 1.71. The van der Waals surface area contributed by atoms with E-state index >= 15 is 0 Å². The largest absolute Gasteiger partial charge is 0.411 e. The minimum absolute atomic E-state index is 0.0609. The molecule has 0 heterocycles. The van der Waals surface area contributed by atoms with Crippen LogP contribution in [0.25, 0.3) is 0 Å². The molecule has 2 aliphatic carbocycles. The lowest BCUT2D eigenvalue weighted by molar-refractivity contribution is 0.0629. The zero-order valence-corrected chi connectivity index (χ0v) is 8.25. The molecule has 2 saturated carbocycles. The summed E-state index contributed by atoms with van der Waals surface area (Å²) in [7, 11) is 0. The van der Waals surface area contributed by atoms with E-state index in [0.29, 0.717) is 5.92 Å². The molecule has 0 saturated heterocycles. The molecule has 3 unspecified atom stereocenters. The van der Waals surface area contributed by atoms with Gasteiger partial charge in [-0.15, -0.1) is 0 Å². The van der Waals surface area contributed by atoms with Crippen molar-refractivity contribution < 1.29 is 10.3 Å². The highest BCUT2D eigenvalue weighted by Crippen LogP contribution is 2.63. The molecule has 2 fully saturated rings. The molecule has 13 heavy (non-hydrogen) atoms. The average molecular weight is 183 g/mol. The van der Waals surface area contributed by atoms with E-state index in [2.05, 4.69) is 19.0 Å². The lowest BCUT2D eigenvalue weighted by Gasteiger charge is -2.35. The Labute approximate surface area is 78.4 Å². The van der Waals surface area contributed by atoms with Crippen LogP contribution in [-0.2, 0) is 0 Å². The summed E-state index contributed by atoms with van der Waals surface area (Å²) in [5.74, 6) is 0.508. The molecular weight excluding hydrogens is 166 g/mol. The summed E-state index contributed by atoms with van der Waals surface area (Å²) in [6.45, 7) is 4.43. The fraction of sp³-hybridized carbons (Fsp3) is 0.900. The number of nitrogens with zero attached hydrogens (tertiary/aromatic N) is 1. The monoisotopic (exact) mass is 183 g/mol. The Bertz CT molecular complexity index is 264. The van der Waals surface area contributed by atoms with Crippen molar-refractivity contribution in [3.63, 3.8) is 0 Å². The summed E-state index contributed by atoms with van der Waals surface area (Å²) in [5.41, 5.74) is 0.760. The Morgan fingerprint density at radius 2 is 2.23 bits per heavy atom. The van der Waals surface area contributed by atoms with E-state index in [1.165, 1.54) is 0 Å². The molecule has 3 nitrogen and oxygen atoms in total. The first-order valence-electron chi connectivity index (χ1n) is 4.91. The average Bonchev–Trinajstić information content (AvgIpc) is 2.51. The van der Waals surface area contributed by atoms with E-state index in [-0.39, 0.29) is 17.4 Å². The fourth-order valence-corrected chi connectivity index (χ4v) is 3.23. The Morgan fingerprint density at radius 1 is 1.54 bits per heavy atom. The number of aliphatic hydroxyl groups excluding tert-OH is 1. The highest BCUT2D eigenvalue weighted by Gasteiger charge is 2.62. The molecule has 0 amide bonds. The molecule has 0 spiro atoms. The third kappa shape index (κ3) is 0.810. The molecule has 2 aliphatic rings. The normalized spacial score (nSPS) is 51.9. The third-order valence-corrected chi connectivity index (χ3v) is 4.68. The van der Waals surface area contributed by atoms with Gasteiger partial charge in [0.2, 0.25) is 0 Å². The van der Waals surface area contributed by atoms with Crippen molar-refractivity contribution in [2.75, 3.05) is 6.61 Å². The van der Waals surface area contributed by atoms with Crippen LogP contribution in [0.5, 0.6) is 0 Å². The van der Waals surface area contributed by atoms with E-state index in [9.17, 15) is 5.11 Å². The van der Waals surface area contributed by atoms with Gasteiger partial charge in [-0.25, -0.2) is 0 Å². The van der Waals surface area contributed by atoms with Crippen molar-refractivity contribution in [2.24, 2.45) is 21.9 Å². The van der Waals surface area contributed by atoms with Gasteiger partial charge in [-0.1, -0.05) is 19.0 Å². The van der Waals surface area contributed by atoms with Crippen molar-refractivity contribution in [3.8, 4) is 0 Å². The van der Waals surface area contributed by atoms with Crippen LogP contribution in [0.4, 0.5) is 0 Å². The van der Waals surface area contributed by atoms with Crippen LogP contribution in [0.15, 0.2) is 5.16 Å². The molecule has 0 aromatic rings. The maximum absolute atomic E-state index is 9.45. The van der Waals surface area contributed by atoms with E-state index in [1.807, 2.05) is 0 Å². The van der Waals surface area contributed by atoms with Gasteiger partial charge in [-0.2, -0.15) is 0 Å². The van der Waals surface area contributed by atoms with E-state index < -0.39 is 0 Å². The van der Waals surface area contributed by atoms with Crippen molar-refractivity contribution in [1.29, 1.82) is 0 Å². The zero-order chi connectivity index (χ0) is 9.69. The Hall–Kier alpha value is -0.570. The second-order valence-corrected chi connectivity index (χ2v) is 4.89. The minimum atomic E-state index is -0.0683. The van der Waals surface area contributed by atoms with Crippen LogP contribution in [0, 0.1) is 16.7 Å². The number of aliphatic hydroxyl groups is 1.